The van der Waals surface area contributed by atoms with Crippen LogP contribution in [0.5, 0.6) is 0 Å². The van der Waals surface area contributed by atoms with E-state index < -0.39 is 40.5 Å². The van der Waals surface area contributed by atoms with Gasteiger partial charge in [-0.3, -0.25) is 4.48 Å². The van der Waals surface area contributed by atoms with Crippen molar-refractivity contribution in [2.75, 3.05) is 6.54 Å². The van der Waals surface area contributed by atoms with Crippen LogP contribution in [-0.4, -0.2) is 57.3 Å². The number of carboxylic acid groups (broad SMARTS) is 3. The lowest BCUT2D eigenvalue weighted by Crippen LogP contribution is -2.73. The molecular formula is C34H65NO6. The summed E-state index contributed by atoms with van der Waals surface area (Å²) in [6.07, 6.45) is 25.6. The van der Waals surface area contributed by atoms with Crippen LogP contribution in [0.3, 0.4) is 0 Å². The Balaban J connectivity index is 4.37. The van der Waals surface area contributed by atoms with Crippen LogP contribution in [0.15, 0.2) is 0 Å². The van der Waals surface area contributed by atoms with Crippen molar-refractivity contribution in [3.63, 3.8) is 0 Å². The summed E-state index contributed by atoms with van der Waals surface area (Å²) in [6, 6.07) is -3.36. The molecule has 242 valence electrons. The molecule has 0 heterocycles. The number of carboxylic acids is 3. The summed E-state index contributed by atoms with van der Waals surface area (Å²) in [5, 5.41) is 32.2. The van der Waals surface area contributed by atoms with Crippen LogP contribution < -0.4 is 5.11 Å². The molecule has 0 bridgehead atoms. The van der Waals surface area contributed by atoms with Crippen molar-refractivity contribution in [1.82, 2.24) is 0 Å². The summed E-state index contributed by atoms with van der Waals surface area (Å²) >= 11 is 0. The molecule has 41 heavy (non-hydrogen) atoms. The number of rotatable bonds is 30. The molecular weight excluding hydrogens is 518 g/mol. The van der Waals surface area contributed by atoms with Crippen molar-refractivity contribution >= 4 is 17.9 Å². The molecule has 0 aromatic rings. The molecule has 3 atom stereocenters. The van der Waals surface area contributed by atoms with E-state index in [1.165, 1.54) is 103 Å². The van der Waals surface area contributed by atoms with Gasteiger partial charge in [-0.25, -0.2) is 9.59 Å². The molecule has 0 aliphatic carbocycles. The number of carbonyl (C=O) groups excluding carboxylic acids is 1. The standard InChI is InChI=1S/C34H65NO6/c1-5-9-10-11-12-13-14-15-16-17-18-19-20-21-22-23-24-25-26-27-28-35(29(6-2)32(36)37,30(7-3)33(38)39)31(8-4)34(40)41/h29-31H,5-28H2,1-4H3,(H2-,36,37,38,39,40,41). The van der Waals surface area contributed by atoms with E-state index in [1.54, 1.807) is 20.8 Å². The second-order valence-electron chi connectivity index (χ2n) is 12.2. The monoisotopic (exact) mass is 583 g/mol. The molecule has 3 unspecified atom stereocenters. The maximum Gasteiger partial charge on any atom is 0.362 e. The number of aliphatic carboxylic acids is 3. The molecule has 0 rings (SSSR count). The average Bonchev–Trinajstić information content (AvgIpc) is 2.92. The predicted molar refractivity (Wildman–Crippen MR) is 166 cm³/mol. The molecule has 0 aliphatic heterocycles. The van der Waals surface area contributed by atoms with E-state index in [2.05, 4.69) is 6.92 Å². The van der Waals surface area contributed by atoms with Gasteiger partial charge in [-0.05, 0) is 12.8 Å². The molecule has 0 fully saturated rings. The Kier molecular flexibility index (Phi) is 23.9. The third-order valence-corrected chi connectivity index (χ3v) is 9.14. The van der Waals surface area contributed by atoms with Gasteiger partial charge in [-0.2, -0.15) is 0 Å². The van der Waals surface area contributed by atoms with Crippen LogP contribution in [0, 0.1) is 0 Å². The average molecular weight is 584 g/mol. The first-order valence-electron chi connectivity index (χ1n) is 17.3. The SMILES string of the molecule is CCCCCCCCCCCCCCCCCCCCCC[N+](C(CC)C(=O)[O-])(C(CC)C(=O)O)C(CC)C(=O)O. The fourth-order valence-electron chi connectivity index (χ4n) is 6.90. The molecule has 0 spiro atoms. The fourth-order valence-corrected chi connectivity index (χ4v) is 6.90. The van der Waals surface area contributed by atoms with Crippen LogP contribution in [0.2, 0.25) is 0 Å². The molecule has 0 amide bonds. The number of hydrogen-bond donors (Lipinski definition) is 2. The van der Waals surface area contributed by atoms with Gasteiger partial charge in [-0.1, -0.05) is 143 Å². The summed E-state index contributed by atoms with van der Waals surface area (Å²) in [4.78, 5) is 36.7. The maximum absolute atomic E-state index is 12.3. The van der Waals surface area contributed by atoms with Crippen LogP contribution in [0.4, 0.5) is 0 Å². The highest BCUT2D eigenvalue weighted by Gasteiger charge is 2.53. The van der Waals surface area contributed by atoms with Crippen molar-refractivity contribution in [3.8, 4) is 0 Å². The first-order valence-corrected chi connectivity index (χ1v) is 17.3. The Bertz CT molecular complexity index is 627. The van der Waals surface area contributed by atoms with Gasteiger partial charge in [0.1, 0.15) is 6.04 Å². The Hall–Kier alpha value is -1.63. The van der Waals surface area contributed by atoms with Crippen molar-refractivity contribution < 1.29 is 34.2 Å². The van der Waals surface area contributed by atoms with Gasteiger partial charge in [0.2, 0.25) is 0 Å². The Labute approximate surface area is 252 Å². The van der Waals surface area contributed by atoms with Crippen LogP contribution in [-0.2, 0) is 14.4 Å². The summed E-state index contributed by atoms with van der Waals surface area (Å²) in [7, 11) is 0. The predicted octanol–water partition coefficient (Wildman–Crippen LogP) is 7.88. The van der Waals surface area contributed by atoms with E-state index in [0.717, 1.165) is 19.3 Å². The summed E-state index contributed by atoms with van der Waals surface area (Å²) in [6.45, 7) is 7.55. The molecule has 0 saturated carbocycles. The zero-order chi connectivity index (χ0) is 30.9. The van der Waals surface area contributed by atoms with E-state index in [0.29, 0.717) is 6.42 Å². The zero-order valence-corrected chi connectivity index (χ0v) is 27.2. The lowest BCUT2D eigenvalue weighted by Gasteiger charge is -2.51. The Morgan fingerprint density at radius 3 is 0.976 bits per heavy atom. The Morgan fingerprint density at radius 1 is 0.488 bits per heavy atom. The number of quaternary nitrogens is 1. The minimum absolute atomic E-state index is 0.134. The summed E-state index contributed by atoms with van der Waals surface area (Å²) < 4.78 is -0.463. The van der Waals surface area contributed by atoms with Crippen molar-refractivity contribution in [2.24, 2.45) is 0 Å². The molecule has 0 aromatic carbocycles. The van der Waals surface area contributed by atoms with Gasteiger partial charge in [-0.15, -0.1) is 0 Å². The van der Waals surface area contributed by atoms with Gasteiger partial charge in [0.05, 0.1) is 12.5 Å². The van der Waals surface area contributed by atoms with E-state index in [9.17, 15) is 29.7 Å². The molecule has 0 aliphatic rings. The fraction of sp³-hybridized carbons (Fsp3) is 0.912. The molecule has 0 aromatic heterocycles. The van der Waals surface area contributed by atoms with Gasteiger partial charge in [0.15, 0.2) is 12.1 Å². The van der Waals surface area contributed by atoms with Gasteiger partial charge < -0.3 is 20.1 Å². The highest BCUT2D eigenvalue weighted by atomic mass is 16.4. The summed E-state index contributed by atoms with van der Waals surface area (Å²) in [5.74, 6) is -3.64. The third kappa shape index (κ3) is 15.4. The lowest BCUT2D eigenvalue weighted by atomic mass is 9.93. The van der Waals surface area contributed by atoms with Crippen molar-refractivity contribution in [3.05, 3.63) is 0 Å². The first-order chi connectivity index (χ1) is 19.7. The highest BCUT2D eigenvalue weighted by molar-refractivity contribution is 5.77. The Morgan fingerprint density at radius 2 is 0.756 bits per heavy atom. The zero-order valence-electron chi connectivity index (χ0n) is 27.2. The number of hydrogen-bond acceptors (Lipinski definition) is 4. The summed E-state index contributed by atoms with van der Waals surface area (Å²) in [5.41, 5.74) is 0. The van der Waals surface area contributed by atoms with Crippen LogP contribution in [0.1, 0.15) is 175 Å². The number of unbranched alkanes of at least 4 members (excludes halogenated alkanes) is 19. The normalized spacial score (nSPS) is 15.2. The third-order valence-electron chi connectivity index (χ3n) is 9.14. The largest absolute Gasteiger partial charge is 0.544 e. The van der Waals surface area contributed by atoms with Crippen molar-refractivity contribution in [1.29, 1.82) is 0 Å². The second kappa shape index (κ2) is 24.9. The smallest absolute Gasteiger partial charge is 0.362 e. The lowest BCUT2D eigenvalue weighted by molar-refractivity contribution is -0.974. The maximum atomic E-state index is 12.3. The highest BCUT2D eigenvalue weighted by Crippen LogP contribution is 2.32. The quantitative estimate of drug-likeness (QED) is 0.0656. The molecule has 7 nitrogen and oxygen atoms in total. The van der Waals surface area contributed by atoms with Gasteiger partial charge in [0, 0.05) is 19.3 Å². The number of nitrogens with zero attached hydrogens (tertiary/aromatic N) is 1. The number of carbonyl (C=O) groups is 3. The van der Waals surface area contributed by atoms with E-state index in [1.807, 2.05) is 0 Å². The van der Waals surface area contributed by atoms with Gasteiger partial charge in [0.25, 0.3) is 0 Å². The van der Waals surface area contributed by atoms with Crippen molar-refractivity contribution in [2.45, 2.75) is 193 Å². The van der Waals surface area contributed by atoms with Crippen LogP contribution in [0.25, 0.3) is 0 Å². The minimum Gasteiger partial charge on any atom is -0.544 e. The van der Waals surface area contributed by atoms with Crippen LogP contribution >= 0.6 is 0 Å². The minimum atomic E-state index is -1.36. The molecule has 0 radical (unpaired) electrons. The second-order valence-corrected chi connectivity index (χ2v) is 12.2. The topological polar surface area (TPSA) is 115 Å². The molecule has 7 heteroatoms. The molecule has 0 saturated heterocycles. The molecule has 2 N–H and O–H groups in total. The van der Waals surface area contributed by atoms with E-state index >= 15 is 0 Å². The van der Waals surface area contributed by atoms with E-state index in [4.69, 9.17) is 0 Å². The van der Waals surface area contributed by atoms with E-state index in [-0.39, 0.29) is 25.8 Å². The van der Waals surface area contributed by atoms with Gasteiger partial charge >= 0.3 is 11.9 Å². The first kappa shape index (κ1) is 39.4.